The maximum absolute atomic E-state index is 14.1. The number of hydrogen-bond acceptors (Lipinski definition) is 1. The molecule has 1 unspecified atom stereocenters. The predicted octanol–water partition coefficient (Wildman–Crippen LogP) is 3.89. The van der Waals surface area contributed by atoms with Crippen molar-refractivity contribution in [3.8, 4) is 0 Å². The van der Waals surface area contributed by atoms with Crippen molar-refractivity contribution in [1.82, 2.24) is 5.32 Å². The molecule has 1 heterocycles. The van der Waals surface area contributed by atoms with Gasteiger partial charge in [0.15, 0.2) is 0 Å². The number of rotatable bonds is 2. The number of halogens is 2. The second-order valence-corrected chi connectivity index (χ2v) is 5.80. The van der Waals surface area contributed by atoms with Crippen molar-refractivity contribution >= 4 is 15.9 Å². The van der Waals surface area contributed by atoms with Crippen LogP contribution in [0.1, 0.15) is 36.0 Å². The van der Waals surface area contributed by atoms with Crippen molar-refractivity contribution in [2.24, 2.45) is 0 Å². The molecule has 0 amide bonds. The van der Waals surface area contributed by atoms with Gasteiger partial charge in [-0.2, -0.15) is 0 Å². The van der Waals surface area contributed by atoms with Gasteiger partial charge >= 0.3 is 0 Å². The average molecular weight is 300 g/mol. The van der Waals surface area contributed by atoms with Crippen molar-refractivity contribution in [2.45, 2.75) is 45.6 Å². The second-order valence-electron chi connectivity index (χ2n) is 4.94. The summed E-state index contributed by atoms with van der Waals surface area (Å²) in [5, 5.41) is 3.48. The molecule has 2 rings (SSSR count). The average Bonchev–Trinajstić information content (AvgIpc) is 2.33. The predicted molar refractivity (Wildman–Crippen MR) is 72.9 cm³/mol. The lowest BCUT2D eigenvalue weighted by Crippen LogP contribution is -2.36. The summed E-state index contributed by atoms with van der Waals surface area (Å²) < 4.78 is 15.2. The van der Waals surface area contributed by atoms with Gasteiger partial charge in [-0.3, -0.25) is 0 Å². The zero-order chi connectivity index (χ0) is 12.4. The van der Waals surface area contributed by atoms with Gasteiger partial charge in [0.05, 0.1) is 0 Å². The quantitative estimate of drug-likeness (QED) is 0.873. The molecule has 0 saturated carbocycles. The van der Waals surface area contributed by atoms with Gasteiger partial charge in [-0.15, -0.1) is 0 Å². The van der Waals surface area contributed by atoms with Gasteiger partial charge < -0.3 is 5.32 Å². The molecule has 1 saturated heterocycles. The monoisotopic (exact) mass is 299 g/mol. The van der Waals surface area contributed by atoms with E-state index in [2.05, 4.69) is 21.2 Å². The number of aryl methyl sites for hydroxylation is 1. The van der Waals surface area contributed by atoms with E-state index < -0.39 is 0 Å². The molecule has 1 fully saturated rings. The second kappa shape index (κ2) is 5.49. The Hall–Kier alpha value is -0.410. The highest BCUT2D eigenvalue weighted by atomic mass is 79.9. The first kappa shape index (κ1) is 13.0. The summed E-state index contributed by atoms with van der Waals surface area (Å²) >= 11 is 3.51. The first-order valence-corrected chi connectivity index (χ1v) is 7.06. The van der Waals surface area contributed by atoms with Gasteiger partial charge in [-0.1, -0.05) is 22.4 Å². The third kappa shape index (κ3) is 2.89. The van der Waals surface area contributed by atoms with Crippen LogP contribution in [0, 0.1) is 19.7 Å². The van der Waals surface area contributed by atoms with Gasteiger partial charge in [0, 0.05) is 10.5 Å². The summed E-state index contributed by atoms with van der Waals surface area (Å²) in [5.74, 6) is -0.0296. The third-order valence-electron chi connectivity index (χ3n) is 3.63. The molecule has 17 heavy (non-hydrogen) atoms. The molecule has 0 radical (unpaired) electrons. The topological polar surface area (TPSA) is 12.0 Å². The van der Waals surface area contributed by atoms with Gasteiger partial charge in [0.25, 0.3) is 0 Å². The smallest absolute Gasteiger partial charge is 0.129 e. The summed E-state index contributed by atoms with van der Waals surface area (Å²) in [7, 11) is 0. The largest absolute Gasteiger partial charge is 0.314 e. The molecule has 0 aliphatic carbocycles. The van der Waals surface area contributed by atoms with Crippen molar-refractivity contribution in [2.75, 3.05) is 6.54 Å². The van der Waals surface area contributed by atoms with Crippen LogP contribution in [0.25, 0.3) is 0 Å². The minimum Gasteiger partial charge on any atom is -0.314 e. The molecule has 1 nitrogen and oxygen atoms in total. The van der Waals surface area contributed by atoms with E-state index in [9.17, 15) is 4.39 Å². The molecule has 1 aromatic carbocycles. The van der Waals surface area contributed by atoms with Crippen LogP contribution in [0.4, 0.5) is 4.39 Å². The number of benzene rings is 1. The maximum atomic E-state index is 14.1. The number of nitrogens with one attached hydrogen (secondary N) is 1. The first-order chi connectivity index (χ1) is 8.09. The zero-order valence-corrected chi connectivity index (χ0v) is 12.0. The van der Waals surface area contributed by atoms with Crippen LogP contribution in [-0.4, -0.2) is 12.6 Å². The van der Waals surface area contributed by atoms with Crippen LogP contribution < -0.4 is 5.32 Å². The standard InChI is InChI=1S/C14H19BrFN/c1-9-7-13(15)10(2)12(14(9)16)8-11-5-3-4-6-17-11/h7,11,17H,3-6,8H2,1-2H3. The molecule has 3 heteroatoms. The fraction of sp³-hybridized carbons (Fsp3) is 0.571. The molecule has 94 valence electrons. The Morgan fingerprint density at radius 1 is 1.41 bits per heavy atom. The molecular formula is C14H19BrFN. The van der Waals surface area contributed by atoms with E-state index in [4.69, 9.17) is 0 Å². The van der Waals surface area contributed by atoms with Crippen LogP contribution in [-0.2, 0) is 6.42 Å². The Morgan fingerprint density at radius 2 is 2.18 bits per heavy atom. The van der Waals surface area contributed by atoms with E-state index in [0.29, 0.717) is 6.04 Å². The Bertz CT molecular complexity index is 385. The minimum absolute atomic E-state index is 0.0296. The van der Waals surface area contributed by atoms with Crippen molar-refractivity contribution < 1.29 is 4.39 Å². The zero-order valence-electron chi connectivity index (χ0n) is 10.4. The third-order valence-corrected chi connectivity index (χ3v) is 4.45. The summed E-state index contributed by atoms with van der Waals surface area (Å²) in [6.45, 7) is 4.89. The highest BCUT2D eigenvalue weighted by Gasteiger charge is 2.18. The van der Waals surface area contributed by atoms with Gasteiger partial charge in [0.1, 0.15) is 5.82 Å². The Balaban J connectivity index is 2.24. The number of piperidine rings is 1. The molecule has 0 spiro atoms. The maximum Gasteiger partial charge on any atom is 0.129 e. The van der Waals surface area contributed by atoms with Crippen LogP contribution in [0.5, 0.6) is 0 Å². The molecule has 1 aliphatic rings. The van der Waals surface area contributed by atoms with Gasteiger partial charge in [-0.25, -0.2) is 4.39 Å². The van der Waals surface area contributed by atoms with E-state index in [1.165, 1.54) is 12.8 Å². The Kier molecular flexibility index (Phi) is 4.21. The fourth-order valence-electron chi connectivity index (χ4n) is 2.50. The Labute approximate surface area is 111 Å². The van der Waals surface area contributed by atoms with E-state index in [0.717, 1.165) is 40.5 Å². The van der Waals surface area contributed by atoms with E-state index in [1.807, 2.05) is 19.9 Å². The summed E-state index contributed by atoms with van der Waals surface area (Å²) in [6, 6.07) is 2.30. The van der Waals surface area contributed by atoms with Gasteiger partial charge in [0.2, 0.25) is 0 Å². The normalized spacial score (nSPS) is 20.6. The lowest BCUT2D eigenvalue weighted by atomic mass is 9.93. The lowest BCUT2D eigenvalue weighted by molar-refractivity contribution is 0.394. The van der Waals surface area contributed by atoms with E-state index in [-0.39, 0.29) is 5.82 Å². The molecule has 1 atom stereocenters. The van der Waals surface area contributed by atoms with Crippen molar-refractivity contribution in [3.05, 3.63) is 33.0 Å². The molecule has 1 aliphatic heterocycles. The van der Waals surface area contributed by atoms with E-state index >= 15 is 0 Å². The number of hydrogen-bond donors (Lipinski definition) is 1. The Morgan fingerprint density at radius 3 is 2.82 bits per heavy atom. The minimum atomic E-state index is -0.0296. The molecular weight excluding hydrogens is 281 g/mol. The van der Waals surface area contributed by atoms with Crippen LogP contribution in [0.3, 0.4) is 0 Å². The van der Waals surface area contributed by atoms with Crippen LogP contribution in [0.2, 0.25) is 0 Å². The molecule has 0 aromatic heterocycles. The van der Waals surface area contributed by atoms with Crippen molar-refractivity contribution in [3.63, 3.8) is 0 Å². The van der Waals surface area contributed by atoms with Crippen LogP contribution in [0.15, 0.2) is 10.5 Å². The summed E-state index contributed by atoms with van der Waals surface area (Å²) in [5.41, 5.74) is 2.64. The lowest BCUT2D eigenvalue weighted by Gasteiger charge is -2.25. The molecule has 0 bridgehead atoms. The summed E-state index contributed by atoms with van der Waals surface area (Å²) in [6.07, 6.45) is 4.46. The first-order valence-electron chi connectivity index (χ1n) is 6.27. The highest BCUT2D eigenvalue weighted by Crippen LogP contribution is 2.27. The fourth-order valence-corrected chi connectivity index (χ4v) is 3.08. The van der Waals surface area contributed by atoms with Crippen molar-refractivity contribution in [1.29, 1.82) is 0 Å². The van der Waals surface area contributed by atoms with Gasteiger partial charge in [-0.05, 0) is 62.4 Å². The SMILES string of the molecule is Cc1cc(Br)c(C)c(CC2CCCCN2)c1F. The van der Waals surface area contributed by atoms with Crippen LogP contribution >= 0.6 is 15.9 Å². The van der Waals surface area contributed by atoms with E-state index in [1.54, 1.807) is 0 Å². The molecule has 1 aromatic rings. The molecule has 1 N–H and O–H groups in total. The summed E-state index contributed by atoms with van der Waals surface area (Å²) in [4.78, 5) is 0. The highest BCUT2D eigenvalue weighted by molar-refractivity contribution is 9.10.